The SMILES string of the molecule is C=CCn1c(=O)c2cnc(Nc3cc(N4CCN[C@@H](C)C4)c4ccn(C)c4c3)nc2n1-c1cccc(C(C)(C)O)n1. The second-order valence-corrected chi connectivity index (χ2v) is 11.1. The van der Waals surface area contributed by atoms with Crippen molar-refractivity contribution >= 4 is 39.3 Å². The Morgan fingerprint density at radius 3 is 2.80 bits per heavy atom. The second kappa shape index (κ2) is 10.2. The van der Waals surface area contributed by atoms with Gasteiger partial charge in [0.05, 0.1) is 17.8 Å². The third-order valence-electron chi connectivity index (χ3n) is 7.50. The highest BCUT2D eigenvalue weighted by atomic mass is 16.3. The van der Waals surface area contributed by atoms with Gasteiger partial charge in [-0.2, -0.15) is 4.98 Å². The number of nitrogens with one attached hydrogen (secondary N) is 2. The molecule has 1 aliphatic heterocycles. The molecule has 212 valence electrons. The van der Waals surface area contributed by atoms with Crippen LogP contribution in [0, 0.1) is 0 Å². The molecular weight excluding hydrogens is 518 g/mol. The van der Waals surface area contributed by atoms with E-state index in [0.717, 1.165) is 36.5 Å². The van der Waals surface area contributed by atoms with E-state index < -0.39 is 5.60 Å². The summed E-state index contributed by atoms with van der Waals surface area (Å²) in [5, 5.41) is 19.0. The Morgan fingerprint density at radius 1 is 1.22 bits per heavy atom. The summed E-state index contributed by atoms with van der Waals surface area (Å²) in [4.78, 5) is 29.8. The number of aryl methyl sites for hydroxylation is 1. The maximum Gasteiger partial charge on any atom is 0.278 e. The van der Waals surface area contributed by atoms with Crippen LogP contribution in [-0.2, 0) is 19.2 Å². The van der Waals surface area contributed by atoms with Crippen molar-refractivity contribution in [2.45, 2.75) is 39.0 Å². The van der Waals surface area contributed by atoms with Crippen molar-refractivity contribution in [3.05, 3.63) is 77.5 Å². The molecule has 1 fully saturated rings. The summed E-state index contributed by atoms with van der Waals surface area (Å²) in [5.74, 6) is 0.817. The summed E-state index contributed by atoms with van der Waals surface area (Å²) in [6, 6.07) is 12.1. The van der Waals surface area contributed by atoms with E-state index in [-0.39, 0.29) is 12.1 Å². The molecule has 5 heterocycles. The van der Waals surface area contributed by atoms with Crippen LogP contribution in [0.2, 0.25) is 0 Å². The Balaban J connectivity index is 1.46. The van der Waals surface area contributed by atoms with Gasteiger partial charge in [0.2, 0.25) is 5.95 Å². The highest BCUT2D eigenvalue weighted by molar-refractivity contribution is 5.96. The van der Waals surface area contributed by atoms with Crippen LogP contribution in [-0.4, -0.2) is 59.7 Å². The first-order valence-corrected chi connectivity index (χ1v) is 13.8. The second-order valence-electron chi connectivity index (χ2n) is 11.1. The van der Waals surface area contributed by atoms with E-state index in [1.807, 2.05) is 7.05 Å². The van der Waals surface area contributed by atoms with Crippen molar-refractivity contribution in [1.82, 2.24) is 34.2 Å². The van der Waals surface area contributed by atoms with E-state index in [2.05, 4.69) is 68.0 Å². The van der Waals surface area contributed by atoms with Crippen molar-refractivity contribution in [1.29, 1.82) is 0 Å². The van der Waals surface area contributed by atoms with Crippen molar-refractivity contribution in [2.75, 3.05) is 29.9 Å². The van der Waals surface area contributed by atoms with Gasteiger partial charge in [0.15, 0.2) is 11.5 Å². The number of anilines is 3. The number of aliphatic hydroxyl groups is 1. The molecule has 1 atom stereocenters. The Bertz CT molecular complexity index is 1830. The first-order chi connectivity index (χ1) is 19.6. The topological polar surface area (TPSA) is 118 Å². The van der Waals surface area contributed by atoms with Gasteiger partial charge in [-0.1, -0.05) is 12.1 Å². The number of hydrogen-bond acceptors (Lipinski definition) is 8. The van der Waals surface area contributed by atoms with Crippen LogP contribution in [0.25, 0.3) is 27.8 Å². The lowest BCUT2D eigenvalue weighted by atomic mass is 10.1. The number of rotatable bonds is 7. The molecule has 0 bridgehead atoms. The molecule has 11 heteroatoms. The molecule has 0 amide bonds. The smallest absolute Gasteiger partial charge is 0.278 e. The summed E-state index contributed by atoms with van der Waals surface area (Å²) >= 11 is 0. The first-order valence-electron chi connectivity index (χ1n) is 13.8. The summed E-state index contributed by atoms with van der Waals surface area (Å²) in [6.45, 7) is 12.4. The van der Waals surface area contributed by atoms with Crippen LogP contribution >= 0.6 is 0 Å². The summed E-state index contributed by atoms with van der Waals surface area (Å²) in [6.07, 6.45) is 5.27. The lowest BCUT2D eigenvalue weighted by Gasteiger charge is -2.34. The van der Waals surface area contributed by atoms with Gasteiger partial charge < -0.3 is 25.2 Å². The molecule has 0 unspecified atom stereocenters. The van der Waals surface area contributed by atoms with Crippen LogP contribution in [0.5, 0.6) is 0 Å². The molecule has 5 aromatic rings. The van der Waals surface area contributed by atoms with E-state index in [1.54, 1.807) is 49.0 Å². The zero-order valence-corrected chi connectivity index (χ0v) is 23.8. The quantitative estimate of drug-likeness (QED) is 0.263. The molecule has 3 N–H and O–H groups in total. The Labute approximate surface area is 237 Å². The van der Waals surface area contributed by atoms with Crippen LogP contribution in [0.3, 0.4) is 0 Å². The molecule has 1 saturated heterocycles. The molecule has 0 saturated carbocycles. The molecule has 41 heavy (non-hydrogen) atoms. The fourth-order valence-electron chi connectivity index (χ4n) is 5.46. The van der Waals surface area contributed by atoms with Gasteiger partial charge in [-0.05, 0) is 51.1 Å². The molecule has 4 aromatic heterocycles. The standard InChI is InChI=1S/C30H35N9O2/c1-6-12-38-28(40)22-17-32-29(35-27(22)39(38)26-9-7-8-25(34-26)30(3,4)41)33-20-15-23-21(10-13-36(23)5)24(16-20)37-14-11-31-19(2)18-37/h6-10,13,15-17,19,31,41H,1,11-12,14,18H2,2-5H3,(H,32,33,35)/t19-/m0/s1. The number of pyridine rings is 1. The van der Waals surface area contributed by atoms with E-state index in [9.17, 15) is 9.90 Å². The number of fused-ring (bicyclic) bond motifs is 2. The van der Waals surface area contributed by atoms with Gasteiger partial charge in [-0.25, -0.2) is 19.3 Å². The van der Waals surface area contributed by atoms with Gasteiger partial charge in [-0.15, -0.1) is 6.58 Å². The molecule has 1 aromatic carbocycles. The van der Waals surface area contributed by atoms with Gasteiger partial charge in [0, 0.05) is 61.9 Å². The number of aromatic nitrogens is 6. The van der Waals surface area contributed by atoms with Gasteiger partial charge in [0.25, 0.3) is 5.56 Å². The third-order valence-corrected chi connectivity index (χ3v) is 7.50. The average Bonchev–Trinajstić information content (AvgIpc) is 3.44. The zero-order chi connectivity index (χ0) is 28.9. The highest BCUT2D eigenvalue weighted by Crippen LogP contribution is 2.33. The Morgan fingerprint density at radius 2 is 2.05 bits per heavy atom. The van der Waals surface area contributed by atoms with Crippen LogP contribution in [0.1, 0.15) is 26.5 Å². The predicted octanol–water partition coefficient (Wildman–Crippen LogP) is 3.42. The third kappa shape index (κ3) is 4.87. The van der Waals surface area contributed by atoms with Gasteiger partial charge in [-0.3, -0.25) is 4.79 Å². The maximum absolute atomic E-state index is 13.4. The van der Waals surface area contributed by atoms with E-state index in [1.165, 1.54) is 10.1 Å². The Hall–Kier alpha value is -4.48. The van der Waals surface area contributed by atoms with E-state index in [4.69, 9.17) is 4.98 Å². The van der Waals surface area contributed by atoms with Crippen molar-refractivity contribution in [3.8, 4) is 5.82 Å². The predicted molar refractivity (Wildman–Crippen MR) is 162 cm³/mol. The van der Waals surface area contributed by atoms with E-state index >= 15 is 0 Å². The maximum atomic E-state index is 13.4. The lowest BCUT2D eigenvalue weighted by Crippen LogP contribution is -2.49. The van der Waals surface area contributed by atoms with Gasteiger partial charge in [0.1, 0.15) is 11.0 Å². The first kappa shape index (κ1) is 26.7. The molecule has 11 nitrogen and oxygen atoms in total. The van der Waals surface area contributed by atoms with Crippen molar-refractivity contribution < 1.29 is 5.11 Å². The monoisotopic (exact) mass is 553 g/mol. The fourth-order valence-corrected chi connectivity index (χ4v) is 5.46. The fraction of sp³-hybridized carbons (Fsp3) is 0.333. The minimum Gasteiger partial charge on any atom is -0.384 e. The average molecular weight is 554 g/mol. The molecule has 0 radical (unpaired) electrons. The van der Waals surface area contributed by atoms with Crippen molar-refractivity contribution in [2.24, 2.45) is 7.05 Å². The number of nitrogens with zero attached hydrogens (tertiary/aromatic N) is 7. The Kier molecular flexibility index (Phi) is 6.63. The molecule has 0 spiro atoms. The van der Waals surface area contributed by atoms with Crippen LogP contribution < -0.4 is 21.1 Å². The number of piperazine rings is 1. The van der Waals surface area contributed by atoms with E-state index in [0.29, 0.717) is 34.5 Å². The largest absolute Gasteiger partial charge is 0.384 e. The lowest BCUT2D eigenvalue weighted by molar-refractivity contribution is 0.0738. The normalized spacial score (nSPS) is 16.0. The number of hydrogen-bond donors (Lipinski definition) is 3. The summed E-state index contributed by atoms with van der Waals surface area (Å²) < 4.78 is 5.29. The molecule has 6 rings (SSSR count). The molecular formula is C30H35N9O2. The van der Waals surface area contributed by atoms with Crippen LogP contribution in [0.15, 0.2) is 66.2 Å². The summed E-state index contributed by atoms with van der Waals surface area (Å²) in [7, 11) is 2.04. The van der Waals surface area contributed by atoms with Crippen molar-refractivity contribution in [3.63, 3.8) is 0 Å². The van der Waals surface area contributed by atoms with Gasteiger partial charge >= 0.3 is 0 Å². The molecule has 1 aliphatic rings. The minimum absolute atomic E-state index is 0.248. The number of allylic oxidation sites excluding steroid dienone is 1. The zero-order valence-electron chi connectivity index (χ0n) is 23.8. The minimum atomic E-state index is -1.15. The molecule has 0 aliphatic carbocycles. The summed E-state index contributed by atoms with van der Waals surface area (Å²) in [5.41, 5.74) is 2.59. The highest BCUT2D eigenvalue weighted by Gasteiger charge is 2.23. The van der Waals surface area contributed by atoms with Crippen LogP contribution in [0.4, 0.5) is 17.3 Å². The number of benzene rings is 1.